The average molecular weight is 344 g/mol. The molecule has 0 radical (unpaired) electrons. The average Bonchev–Trinajstić information content (AvgIpc) is 2.62. The molecule has 2 rings (SSSR count). The quantitative estimate of drug-likeness (QED) is 0.717. The van der Waals surface area contributed by atoms with Crippen LogP contribution in [-0.4, -0.2) is 23.9 Å². The monoisotopic (exact) mass is 343 g/mol. The molecule has 2 heterocycles. The molecule has 0 aliphatic carbocycles. The molecule has 0 N–H and O–H groups in total. The molecule has 0 saturated carbocycles. The highest BCUT2D eigenvalue weighted by Crippen LogP contribution is 2.35. The van der Waals surface area contributed by atoms with Crippen molar-refractivity contribution < 1.29 is 4.79 Å². The molecule has 1 unspecified atom stereocenters. The van der Waals surface area contributed by atoms with Crippen LogP contribution in [0.2, 0.25) is 0 Å². The fraction of sp³-hybridized carbons (Fsp3) is 0.667. The first-order chi connectivity index (χ1) is 8.89. The van der Waals surface area contributed by atoms with Crippen LogP contribution in [0.1, 0.15) is 49.7 Å². The lowest BCUT2D eigenvalue weighted by atomic mass is 9.77. The van der Waals surface area contributed by atoms with Crippen molar-refractivity contribution in [1.29, 1.82) is 0 Å². The van der Waals surface area contributed by atoms with E-state index >= 15 is 0 Å². The van der Waals surface area contributed by atoms with E-state index in [1.165, 1.54) is 17.8 Å². The van der Waals surface area contributed by atoms with Crippen molar-refractivity contribution in [3.63, 3.8) is 0 Å². The molecular formula is C15H22BrNOS. The highest BCUT2D eigenvalue weighted by Gasteiger charge is 2.29. The highest BCUT2D eigenvalue weighted by atomic mass is 79.9. The van der Waals surface area contributed by atoms with Gasteiger partial charge in [0.15, 0.2) is 0 Å². The predicted molar refractivity (Wildman–Crippen MR) is 84.7 cm³/mol. The molecule has 1 fully saturated rings. The second kappa shape index (κ2) is 5.96. The Morgan fingerprint density at radius 2 is 2.11 bits per heavy atom. The summed E-state index contributed by atoms with van der Waals surface area (Å²) in [7, 11) is 0. The van der Waals surface area contributed by atoms with Crippen LogP contribution in [0.25, 0.3) is 0 Å². The fourth-order valence-corrected chi connectivity index (χ4v) is 4.26. The maximum absolute atomic E-state index is 12.5. The third kappa shape index (κ3) is 3.60. The number of likely N-dealkylation sites (tertiary alicyclic amines) is 1. The van der Waals surface area contributed by atoms with Gasteiger partial charge < -0.3 is 4.90 Å². The van der Waals surface area contributed by atoms with E-state index in [4.69, 9.17) is 0 Å². The van der Waals surface area contributed by atoms with Crippen LogP contribution in [-0.2, 0) is 0 Å². The summed E-state index contributed by atoms with van der Waals surface area (Å²) in [6.07, 6.45) is 3.48. The molecule has 1 aliphatic heterocycles. The molecular weight excluding hydrogens is 322 g/mol. The molecule has 2 nitrogen and oxygen atoms in total. The Balaban J connectivity index is 2.04. The summed E-state index contributed by atoms with van der Waals surface area (Å²) in [4.78, 5) is 15.4. The van der Waals surface area contributed by atoms with Gasteiger partial charge in [0.05, 0.1) is 0 Å². The van der Waals surface area contributed by atoms with Gasteiger partial charge in [-0.3, -0.25) is 4.79 Å². The van der Waals surface area contributed by atoms with E-state index in [9.17, 15) is 4.79 Å². The van der Waals surface area contributed by atoms with Gasteiger partial charge in [-0.25, -0.2) is 0 Å². The van der Waals surface area contributed by atoms with Crippen LogP contribution < -0.4 is 0 Å². The SMILES string of the molecule is CC(C)(C)C1CCCN(C(=O)c2sccc2Br)CC1. The molecule has 0 spiro atoms. The molecule has 1 aromatic heterocycles. The van der Waals surface area contributed by atoms with Crippen molar-refractivity contribution >= 4 is 33.2 Å². The number of carbonyl (C=O) groups is 1. The number of carbonyl (C=O) groups excluding carboxylic acids is 1. The second-order valence-electron chi connectivity index (χ2n) is 6.38. The van der Waals surface area contributed by atoms with Crippen LogP contribution in [0.5, 0.6) is 0 Å². The first-order valence-electron chi connectivity index (χ1n) is 6.92. The Bertz CT molecular complexity index is 449. The molecule has 1 amide bonds. The Morgan fingerprint density at radius 1 is 1.37 bits per heavy atom. The number of hydrogen-bond acceptors (Lipinski definition) is 2. The summed E-state index contributed by atoms with van der Waals surface area (Å²) in [5, 5.41) is 1.97. The van der Waals surface area contributed by atoms with Crippen LogP contribution in [0.3, 0.4) is 0 Å². The number of nitrogens with zero attached hydrogens (tertiary/aromatic N) is 1. The first-order valence-corrected chi connectivity index (χ1v) is 8.59. The lowest BCUT2D eigenvalue weighted by molar-refractivity contribution is 0.0759. The Kier molecular flexibility index (Phi) is 4.72. The summed E-state index contributed by atoms with van der Waals surface area (Å²) in [5.41, 5.74) is 0.350. The van der Waals surface area contributed by atoms with Gasteiger partial charge >= 0.3 is 0 Å². The predicted octanol–water partition coefficient (Wildman–Crippen LogP) is 4.80. The number of halogens is 1. The van der Waals surface area contributed by atoms with Crippen molar-refractivity contribution in [2.45, 2.75) is 40.0 Å². The van der Waals surface area contributed by atoms with Crippen molar-refractivity contribution in [3.8, 4) is 0 Å². The van der Waals surface area contributed by atoms with Gasteiger partial charge in [-0.05, 0) is 58.0 Å². The van der Waals surface area contributed by atoms with Gasteiger partial charge in [-0.15, -0.1) is 11.3 Å². The van der Waals surface area contributed by atoms with Crippen LogP contribution >= 0.6 is 27.3 Å². The standard InChI is InChI=1S/C15H22BrNOS/c1-15(2,3)11-5-4-8-17(9-6-11)14(18)13-12(16)7-10-19-13/h7,10-11H,4-6,8-9H2,1-3H3. The van der Waals surface area contributed by atoms with Gasteiger partial charge in [0.2, 0.25) is 0 Å². The lowest BCUT2D eigenvalue weighted by Gasteiger charge is -2.29. The van der Waals surface area contributed by atoms with Crippen molar-refractivity contribution in [1.82, 2.24) is 4.90 Å². The van der Waals surface area contributed by atoms with Crippen LogP contribution in [0, 0.1) is 11.3 Å². The smallest absolute Gasteiger partial charge is 0.265 e. The molecule has 106 valence electrons. The van der Waals surface area contributed by atoms with Gasteiger partial charge in [0.1, 0.15) is 4.88 Å². The Morgan fingerprint density at radius 3 is 2.68 bits per heavy atom. The van der Waals surface area contributed by atoms with E-state index < -0.39 is 0 Å². The van der Waals surface area contributed by atoms with E-state index in [1.807, 2.05) is 16.3 Å². The zero-order valence-corrected chi connectivity index (χ0v) is 14.3. The molecule has 0 aromatic carbocycles. The fourth-order valence-electron chi connectivity index (χ4n) is 2.76. The van der Waals surface area contributed by atoms with Gasteiger partial charge in [0, 0.05) is 17.6 Å². The van der Waals surface area contributed by atoms with Crippen molar-refractivity contribution in [2.24, 2.45) is 11.3 Å². The minimum absolute atomic E-state index is 0.191. The lowest BCUT2D eigenvalue weighted by Crippen LogP contribution is -2.32. The van der Waals surface area contributed by atoms with E-state index in [0.717, 1.165) is 41.2 Å². The van der Waals surface area contributed by atoms with Gasteiger partial charge in [0.25, 0.3) is 5.91 Å². The normalized spacial score (nSPS) is 21.3. The maximum atomic E-state index is 12.5. The largest absolute Gasteiger partial charge is 0.338 e. The zero-order valence-electron chi connectivity index (χ0n) is 11.9. The molecule has 19 heavy (non-hydrogen) atoms. The molecule has 1 atom stereocenters. The molecule has 1 aliphatic rings. The van der Waals surface area contributed by atoms with Crippen LogP contribution in [0.15, 0.2) is 15.9 Å². The zero-order chi connectivity index (χ0) is 14.0. The van der Waals surface area contributed by atoms with Crippen molar-refractivity contribution in [3.05, 3.63) is 20.8 Å². The van der Waals surface area contributed by atoms with Gasteiger partial charge in [-0.1, -0.05) is 20.8 Å². The Hall–Kier alpha value is -0.350. The van der Waals surface area contributed by atoms with Crippen molar-refractivity contribution in [2.75, 3.05) is 13.1 Å². The Labute approximate surface area is 128 Å². The van der Waals surface area contributed by atoms with Gasteiger partial charge in [-0.2, -0.15) is 0 Å². The number of thiophene rings is 1. The summed E-state index contributed by atoms with van der Waals surface area (Å²) >= 11 is 4.99. The van der Waals surface area contributed by atoms with E-state index in [2.05, 4.69) is 36.7 Å². The van der Waals surface area contributed by atoms with E-state index in [-0.39, 0.29) is 5.91 Å². The maximum Gasteiger partial charge on any atom is 0.265 e. The van der Waals surface area contributed by atoms with Crippen LogP contribution in [0.4, 0.5) is 0 Å². The molecule has 4 heteroatoms. The summed E-state index contributed by atoms with van der Waals surface area (Å²) in [5.74, 6) is 0.911. The summed E-state index contributed by atoms with van der Waals surface area (Å²) < 4.78 is 0.930. The summed E-state index contributed by atoms with van der Waals surface area (Å²) in [6, 6.07) is 1.95. The molecule has 0 bridgehead atoms. The summed E-state index contributed by atoms with van der Waals surface area (Å²) in [6.45, 7) is 8.72. The third-order valence-electron chi connectivity index (χ3n) is 4.05. The topological polar surface area (TPSA) is 20.3 Å². The minimum atomic E-state index is 0.191. The number of amides is 1. The van der Waals surface area contributed by atoms with E-state index in [0.29, 0.717) is 5.41 Å². The highest BCUT2D eigenvalue weighted by molar-refractivity contribution is 9.10. The molecule has 1 saturated heterocycles. The molecule has 1 aromatic rings. The minimum Gasteiger partial charge on any atom is -0.338 e. The number of hydrogen-bond donors (Lipinski definition) is 0. The number of rotatable bonds is 1. The third-order valence-corrected chi connectivity index (χ3v) is 5.88. The second-order valence-corrected chi connectivity index (χ2v) is 8.15. The van der Waals surface area contributed by atoms with E-state index in [1.54, 1.807) is 0 Å². The first kappa shape index (κ1) is 15.0.